The number of H-pyrrole nitrogens is 1. The zero-order valence-electron chi connectivity index (χ0n) is 15.8. The molecule has 1 heterocycles. The van der Waals surface area contributed by atoms with Crippen molar-refractivity contribution in [2.24, 2.45) is 0 Å². The lowest BCUT2D eigenvalue weighted by Crippen LogP contribution is -2.31. The maximum absolute atomic E-state index is 12.3. The molecule has 150 valence electrons. The Bertz CT molecular complexity index is 1170. The van der Waals surface area contributed by atoms with Crippen LogP contribution in [0.5, 0.6) is 0 Å². The normalized spacial score (nSPS) is 10.5. The topological polar surface area (TPSA) is 125 Å². The van der Waals surface area contributed by atoms with Crippen molar-refractivity contribution < 1.29 is 9.59 Å². The van der Waals surface area contributed by atoms with Gasteiger partial charge in [-0.1, -0.05) is 18.2 Å². The quantitative estimate of drug-likeness (QED) is 0.508. The van der Waals surface area contributed by atoms with E-state index in [4.69, 9.17) is 0 Å². The zero-order valence-corrected chi connectivity index (χ0v) is 15.8. The number of aromatic amines is 1. The summed E-state index contributed by atoms with van der Waals surface area (Å²) in [6, 6.07) is 13.1. The molecular weight excluding hydrogens is 374 g/mol. The first kappa shape index (κ1) is 19.9. The van der Waals surface area contributed by atoms with Gasteiger partial charge >= 0.3 is 11.7 Å². The highest BCUT2D eigenvalue weighted by atomic mass is 16.2. The van der Waals surface area contributed by atoms with E-state index < -0.39 is 11.2 Å². The van der Waals surface area contributed by atoms with Crippen LogP contribution in [0.4, 0.5) is 16.2 Å². The van der Waals surface area contributed by atoms with E-state index in [2.05, 4.69) is 20.9 Å². The summed E-state index contributed by atoms with van der Waals surface area (Å²) in [6.45, 7) is 2.42. The molecule has 0 spiro atoms. The highest BCUT2D eigenvalue weighted by molar-refractivity contribution is 5.93. The fraction of sp³-hybridized carbons (Fsp3) is 0.200. The second-order valence-corrected chi connectivity index (χ2v) is 6.29. The lowest BCUT2D eigenvalue weighted by atomic mass is 10.2. The molecular formula is C20H21N5O4. The molecule has 1 aromatic heterocycles. The first-order chi connectivity index (χ1) is 14.0. The standard InChI is InChI=1S/C20H21N5O4/c1-2-21-19(28)23-14-7-5-6-13(12-14)22-17(26)10-11-25-16-9-4-3-8-15(16)18(27)24-20(25)29/h3-9,12H,2,10-11H2,1H3,(H,22,26)(H2,21,23,28)(H,24,27,29). The van der Waals surface area contributed by atoms with Crippen LogP contribution in [0.1, 0.15) is 13.3 Å². The fourth-order valence-corrected chi connectivity index (χ4v) is 2.91. The molecule has 0 bridgehead atoms. The molecule has 3 rings (SSSR count). The Morgan fingerprint density at radius 2 is 1.72 bits per heavy atom. The lowest BCUT2D eigenvalue weighted by molar-refractivity contribution is -0.116. The number of aromatic nitrogens is 2. The number of hydrogen-bond acceptors (Lipinski definition) is 4. The minimum Gasteiger partial charge on any atom is -0.338 e. The number of aryl methyl sites for hydroxylation is 1. The Labute approximate surface area is 165 Å². The Morgan fingerprint density at radius 1 is 1.00 bits per heavy atom. The maximum Gasteiger partial charge on any atom is 0.328 e. The molecule has 4 N–H and O–H groups in total. The number of urea groups is 1. The minimum absolute atomic E-state index is 0.0317. The van der Waals surface area contributed by atoms with Crippen molar-refractivity contribution in [3.8, 4) is 0 Å². The summed E-state index contributed by atoms with van der Waals surface area (Å²) in [5.74, 6) is -0.303. The summed E-state index contributed by atoms with van der Waals surface area (Å²) in [5, 5.41) is 8.41. The molecule has 0 aliphatic carbocycles. The minimum atomic E-state index is -0.561. The van der Waals surface area contributed by atoms with Gasteiger partial charge in [-0.15, -0.1) is 0 Å². The molecule has 0 radical (unpaired) electrons. The van der Waals surface area contributed by atoms with Crippen LogP contribution >= 0.6 is 0 Å². The first-order valence-electron chi connectivity index (χ1n) is 9.14. The van der Waals surface area contributed by atoms with Crippen molar-refractivity contribution in [3.63, 3.8) is 0 Å². The molecule has 0 saturated heterocycles. The molecule has 9 nitrogen and oxygen atoms in total. The van der Waals surface area contributed by atoms with Crippen LogP contribution in [0.15, 0.2) is 58.1 Å². The third-order valence-electron chi connectivity index (χ3n) is 4.21. The molecule has 3 amide bonds. The van der Waals surface area contributed by atoms with Crippen LogP contribution in [0.25, 0.3) is 10.9 Å². The van der Waals surface area contributed by atoms with Crippen LogP contribution < -0.4 is 27.2 Å². The van der Waals surface area contributed by atoms with E-state index in [0.29, 0.717) is 28.8 Å². The van der Waals surface area contributed by atoms with Crippen molar-refractivity contribution in [2.45, 2.75) is 19.9 Å². The Hall–Kier alpha value is -3.88. The summed E-state index contributed by atoms with van der Waals surface area (Å²) in [5.41, 5.74) is 0.513. The molecule has 29 heavy (non-hydrogen) atoms. The van der Waals surface area contributed by atoms with Gasteiger partial charge in [-0.3, -0.25) is 19.1 Å². The number of para-hydroxylation sites is 1. The summed E-state index contributed by atoms with van der Waals surface area (Å²) in [7, 11) is 0. The summed E-state index contributed by atoms with van der Waals surface area (Å²) < 4.78 is 1.36. The van der Waals surface area contributed by atoms with Gasteiger partial charge in [0.1, 0.15) is 0 Å². The van der Waals surface area contributed by atoms with Crippen LogP contribution in [-0.2, 0) is 11.3 Å². The predicted octanol–water partition coefficient (Wildman–Crippen LogP) is 1.86. The van der Waals surface area contributed by atoms with Crippen molar-refractivity contribution in [1.82, 2.24) is 14.9 Å². The van der Waals surface area contributed by atoms with Crippen molar-refractivity contribution in [2.75, 3.05) is 17.2 Å². The van der Waals surface area contributed by atoms with E-state index >= 15 is 0 Å². The monoisotopic (exact) mass is 395 g/mol. The SMILES string of the molecule is CCNC(=O)Nc1cccc(NC(=O)CCn2c(=O)[nH]c(=O)c3ccccc32)c1. The van der Waals surface area contributed by atoms with Gasteiger partial charge in [0.2, 0.25) is 5.91 Å². The van der Waals surface area contributed by atoms with Crippen molar-refractivity contribution in [3.05, 3.63) is 69.4 Å². The van der Waals surface area contributed by atoms with Gasteiger partial charge in [-0.2, -0.15) is 0 Å². The van der Waals surface area contributed by atoms with Crippen molar-refractivity contribution in [1.29, 1.82) is 0 Å². The molecule has 0 unspecified atom stereocenters. The summed E-state index contributed by atoms with van der Waals surface area (Å²) in [6.07, 6.45) is 0.0317. The number of hydrogen-bond donors (Lipinski definition) is 4. The van der Waals surface area contributed by atoms with E-state index in [9.17, 15) is 19.2 Å². The van der Waals surface area contributed by atoms with Gasteiger partial charge in [0, 0.05) is 30.9 Å². The molecule has 3 aromatic rings. The van der Waals surface area contributed by atoms with E-state index in [-0.39, 0.29) is 24.9 Å². The maximum atomic E-state index is 12.3. The van der Waals surface area contributed by atoms with Crippen LogP contribution in [0.3, 0.4) is 0 Å². The van der Waals surface area contributed by atoms with Crippen LogP contribution in [-0.4, -0.2) is 28.0 Å². The number of carbonyl (C=O) groups is 2. The van der Waals surface area contributed by atoms with Gasteiger partial charge in [-0.25, -0.2) is 9.59 Å². The van der Waals surface area contributed by atoms with Gasteiger partial charge in [0.25, 0.3) is 5.56 Å². The fourth-order valence-electron chi connectivity index (χ4n) is 2.91. The van der Waals surface area contributed by atoms with E-state index in [1.165, 1.54) is 4.57 Å². The summed E-state index contributed by atoms with van der Waals surface area (Å²) >= 11 is 0. The van der Waals surface area contributed by atoms with Gasteiger partial charge in [-0.05, 0) is 37.3 Å². The number of fused-ring (bicyclic) bond motifs is 1. The van der Waals surface area contributed by atoms with E-state index in [1.54, 1.807) is 48.5 Å². The van der Waals surface area contributed by atoms with E-state index in [1.807, 2.05) is 6.92 Å². The lowest BCUT2D eigenvalue weighted by Gasteiger charge is -2.11. The molecule has 0 fully saturated rings. The van der Waals surface area contributed by atoms with Gasteiger partial charge < -0.3 is 16.0 Å². The number of rotatable bonds is 6. The first-order valence-corrected chi connectivity index (χ1v) is 9.14. The van der Waals surface area contributed by atoms with Gasteiger partial charge in [0.05, 0.1) is 10.9 Å². The predicted molar refractivity (Wildman–Crippen MR) is 111 cm³/mol. The molecule has 0 aliphatic rings. The number of nitrogens with zero attached hydrogens (tertiary/aromatic N) is 1. The van der Waals surface area contributed by atoms with Crippen LogP contribution in [0, 0.1) is 0 Å². The Morgan fingerprint density at radius 3 is 2.48 bits per heavy atom. The second kappa shape index (κ2) is 8.87. The Balaban J connectivity index is 1.68. The highest BCUT2D eigenvalue weighted by Crippen LogP contribution is 2.15. The Kier molecular flexibility index (Phi) is 6.08. The highest BCUT2D eigenvalue weighted by Gasteiger charge is 2.10. The van der Waals surface area contributed by atoms with Crippen LogP contribution in [0.2, 0.25) is 0 Å². The number of anilines is 2. The number of carbonyl (C=O) groups excluding carboxylic acids is 2. The molecule has 0 saturated carbocycles. The third kappa shape index (κ3) is 4.89. The van der Waals surface area contributed by atoms with E-state index in [0.717, 1.165) is 0 Å². The second-order valence-electron chi connectivity index (χ2n) is 6.29. The average Bonchev–Trinajstić information content (AvgIpc) is 2.68. The summed E-state index contributed by atoms with van der Waals surface area (Å²) in [4.78, 5) is 50.3. The molecule has 9 heteroatoms. The molecule has 2 aromatic carbocycles. The molecule has 0 aliphatic heterocycles. The number of amides is 3. The zero-order chi connectivity index (χ0) is 20.8. The van der Waals surface area contributed by atoms with Gasteiger partial charge in [0.15, 0.2) is 0 Å². The average molecular weight is 395 g/mol. The number of nitrogens with one attached hydrogen (secondary N) is 4. The molecule has 0 atom stereocenters. The number of benzene rings is 2. The van der Waals surface area contributed by atoms with Crippen molar-refractivity contribution >= 4 is 34.2 Å². The smallest absolute Gasteiger partial charge is 0.328 e. The largest absolute Gasteiger partial charge is 0.338 e. The third-order valence-corrected chi connectivity index (χ3v) is 4.21.